The normalized spacial score (nSPS) is 25.5. The molecule has 4 rings (SSSR count). The van der Waals surface area contributed by atoms with Gasteiger partial charge in [0.1, 0.15) is 5.82 Å². The highest BCUT2D eigenvalue weighted by Crippen LogP contribution is 2.41. The number of likely N-dealkylation sites (tertiary alicyclic amines) is 1. The van der Waals surface area contributed by atoms with Crippen molar-refractivity contribution in [3.8, 4) is 0 Å². The molecule has 0 aliphatic carbocycles. The van der Waals surface area contributed by atoms with Gasteiger partial charge in [0.2, 0.25) is 0 Å². The zero-order chi connectivity index (χ0) is 14.3. The molecule has 1 aromatic heterocycles. The lowest BCUT2D eigenvalue weighted by molar-refractivity contribution is -0.00477. The standard InChI is InChI=1S/C16H18FN3S/c17-14-3-1-13(2-4-14)11-20-9-6-16(20)5-8-19(12-16)15-18-7-10-21-15/h1-4,7,10H,5-6,8-9,11-12H2. The molecule has 0 N–H and O–H groups in total. The molecule has 0 amide bonds. The highest BCUT2D eigenvalue weighted by molar-refractivity contribution is 7.13. The van der Waals surface area contributed by atoms with Crippen LogP contribution in [0.25, 0.3) is 0 Å². The molecule has 0 bridgehead atoms. The number of aromatic nitrogens is 1. The third-order valence-electron chi connectivity index (χ3n) is 4.83. The van der Waals surface area contributed by atoms with Crippen LogP contribution >= 0.6 is 11.3 Å². The van der Waals surface area contributed by atoms with E-state index < -0.39 is 0 Å². The molecular weight excluding hydrogens is 285 g/mol. The molecule has 3 heterocycles. The molecule has 5 heteroatoms. The van der Waals surface area contributed by atoms with Gasteiger partial charge in [-0.15, -0.1) is 11.3 Å². The molecule has 3 nitrogen and oxygen atoms in total. The van der Waals surface area contributed by atoms with E-state index in [0.29, 0.717) is 5.54 Å². The summed E-state index contributed by atoms with van der Waals surface area (Å²) in [6.45, 7) is 4.23. The Kier molecular flexibility index (Phi) is 3.19. The fourth-order valence-corrected chi connectivity index (χ4v) is 4.17. The van der Waals surface area contributed by atoms with Gasteiger partial charge >= 0.3 is 0 Å². The molecule has 0 saturated carbocycles. The lowest BCUT2D eigenvalue weighted by atomic mass is 9.83. The zero-order valence-corrected chi connectivity index (χ0v) is 12.7. The van der Waals surface area contributed by atoms with E-state index in [-0.39, 0.29) is 5.82 Å². The van der Waals surface area contributed by atoms with Crippen LogP contribution in [0.2, 0.25) is 0 Å². The van der Waals surface area contributed by atoms with Gasteiger partial charge in [-0.05, 0) is 30.5 Å². The summed E-state index contributed by atoms with van der Waals surface area (Å²) in [6, 6.07) is 6.90. The van der Waals surface area contributed by atoms with E-state index in [1.54, 1.807) is 23.5 Å². The van der Waals surface area contributed by atoms with Crippen LogP contribution in [-0.4, -0.2) is 35.1 Å². The van der Waals surface area contributed by atoms with Crippen LogP contribution in [0, 0.1) is 5.82 Å². The summed E-state index contributed by atoms with van der Waals surface area (Å²) < 4.78 is 13.0. The summed E-state index contributed by atoms with van der Waals surface area (Å²) in [4.78, 5) is 9.38. The van der Waals surface area contributed by atoms with Gasteiger partial charge in [0.05, 0.1) is 0 Å². The second-order valence-electron chi connectivity index (χ2n) is 6.01. The Bertz CT molecular complexity index is 613. The molecule has 110 valence electrons. The Morgan fingerprint density at radius 1 is 1.19 bits per heavy atom. The van der Waals surface area contributed by atoms with E-state index in [1.165, 1.54) is 18.4 Å². The Labute approximate surface area is 128 Å². The molecule has 1 unspecified atom stereocenters. The summed E-state index contributed by atoms with van der Waals surface area (Å²) in [6.07, 6.45) is 4.34. The quantitative estimate of drug-likeness (QED) is 0.868. The summed E-state index contributed by atoms with van der Waals surface area (Å²) in [5, 5.41) is 3.18. The summed E-state index contributed by atoms with van der Waals surface area (Å²) >= 11 is 1.72. The monoisotopic (exact) mass is 303 g/mol. The maximum Gasteiger partial charge on any atom is 0.185 e. The predicted octanol–water partition coefficient (Wildman–Crippen LogP) is 3.14. The fraction of sp³-hybridized carbons (Fsp3) is 0.438. The highest BCUT2D eigenvalue weighted by Gasteiger charge is 2.49. The molecule has 1 atom stereocenters. The van der Waals surface area contributed by atoms with Gasteiger partial charge in [-0.25, -0.2) is 9.37 Å². The molecule has 1 aromatic carbocycles. The first-order valence-corrected chi connectivity index (χ1v) is 8.27. The smallest absolute Gasteiger partial charge is 0.185 e. The van der Waals surface area contributed by atoms with Crippen LogP contribution in [0.3, 0.4) is 0 Å². The highest BCUT2D eigenvalue weighted by atomic mass is 32.1. The first kappa shape index (κ1) is 13.2. The number of hydrogen-bond acceptors (Lipinski definition) is 4. The van der Waals surface area contributed by atoms with Gasteiger partial charge in [0.25, 0.3) is 0 Å². The fourth-order valence-electron chi connectivity index (χ4n) is 3.50. The third-order valence-corrected chi connectivity index (χ3v) is 5.66. The van der Waals surface area contributed by atoms with Crippen LogP contribution in [-0.2, 0) is 6.54 Å². The maximum atomic E-state index is 13.0. The number of halogens is 1. The lowest BCUT2D eigenvalue weighted by Gasteiger charge is -2.50. The molecule has 21 heavy (non-hydrogen) atoms. The van der Waals surface area contributed by atoms with E-state index in [0.717, 1.165) is 31.3 Å². The number of nitrogens with zero attached hydrogens (tertiary/aromatic N) is 3. The van der Waals surface area contributed by atoms with Gasteiger partial charge in [-0.1, -0.05) is 12.1 Å². The van der Waals surface area contributed by atoms with Crippen molar-refractivity contribution in [2.24, 2.45) is 0 Å². The van der Waals surface area contributed by atoms with Crippen LogP contribution < -0.4 is 4.90 Å². The topological polar surface area (TPSA) is 19.4 Å². The first-order chi connectivity index (χ1) is 10.3. The zero-order valence-electron chi connectivity index (χ0n) is 11.8. The van der Waals surface area contributed by atoms with Crippen molar-refractivity contribution in [2.45, 2.75) is 24.9 Å². The number of benzene rings is 1. The average molecular weight is 303 g/mol. The molecule has 2 aliphatic heterocycles. The Morgan fingerprint density at radius 2 is 2.00 bits per heavy atom. The molecule has 2 fully saturated rings. The minimum absolute atomic E-state index is 0.159. The van der Waals surface area contributed by atoms with Crippen molar-refractivity contribution < 1.29 is 4.39 Å². The van der Waals surface area contributed by atoms with Crippen LogP contribution in [0.1, 0.15) is 18.4 Å². The van der Waals surface area contributed by atoms with Crippen LogP contribution in [0.15, 0.2) is 35.8 Å². The molecule has 1 spiro atoms. The van der Waals surface area contributed by atoms with Crippen molar-refractivity contribution in [3.63, 3.8) is 0 Å². The third kappa shape index (κ3) is 2.34. The van der Waals surface area contributed by atoms with Crippen LogP contribution in [0.4, 0.5) is 9.52 Å². The molecule has 2 aromatic rings. The average Bonchev–Trinajstić information content (AvgIpc) is 3.15. The molecule has 2 aliphatic rings. The second kappa shape index (κ2) is 5.07. The number of anilines is 1. The summed E-state index contributed by atoms with van der Waals surface area (Å²) in [7, 11) is 0. The minimum Gasteiger partial charge on any atom is -0.346 e. The van der Waals surface area contributed by atoms with E-state index in [1.807, 2.05) is 23.7 Å². The first-order valence-electron chi connectivity index (χ1n) is 7.39. The molecule has 2 saturated heterocycles. The van der Waals surface area contributed by atoms with Gasteiger partial charge in [-0.2, -0.15) is 0 Å². The van der Waals surface area contributed by atoms with Crippen molar-refractivity contribution >= 4 is 16.5 Å². The van der Waals surface area contributed by atoms with Gasteiger partial charge in [0.15, 0.2) is 5.13 Å². The molecular formula is C16H18FN3S. The summed E-state index contributed by atoms with van der Waals surface area (Å²) in [5.41, 5.74) is 1.50. The predicted molar refractivity (Wildman–Crippen MR) is 83.1 cm³/mol. The van der Waals surface area contributed by atoms with Crippen molar-refractivity contribution in [2.75, 3.05) is 24.5 Å². The SMILES string of the molecule is Fc1ccc(CN2CCC23CCN(c2nccs2)C3)cc1. The van der Waals surface area contributed by atoms with E-state index in [4.69, 9.17) is 0 Å². The van der Waals surface area contributed by atoms with Gasteiger partial charge in [-0.3, -0.25) is 4.90 Å². The summed E-state index contributed by atoms with van der Waals surface area (Å²) in [5.74, 6) is -0.159. The molecule has 0 radical (unpaired) electrons. The van der Waals surface area contributed by atoms with Crippen LogP contribution in [0.5, 0.6) is 0 Å². The Hall–Kier alpha value is -1.46. The number of rotatable bonds is 3. The van der Waals surface area contributed by atoms with E-state index in [9.17, 15) is 4.39 Å². The van der Waals surface area contributed by atoms with Crippen molar-refractivity contribution in [3.05, 3.63) is 47.2 Å². The van der Waals surface area contributed by atoms with Crippen molar-refractivity contribution in [1.82, 2.24) is 9.88 Å². The number of hydrogen-bond donors (Lipinski definition) is 0. The van der Waals surface area contributed by atoms with E-state index >= 15 is 0 Å². The van der Waals surface area contributed by atoms with Gasteiger partial charge < -0.3 is 4.90 Å². The van der Waals surface area contributed by atoms with Gasteiger partial charge in [0, 0.05) is 43.3 Å². The van der Waals surface area contributed by atoms with Crippen molar-refractivity contribution in [1.29, 1.82) is 0 Å². The Balaban J connectivity index is 1.45. The van der Waals surface area contributed by atoms with E-state index in [2.05, 4.69) is 14.8 Å². The number of thiazole rings is 1. The Morgan fingerprint density at radius 3 is 2.67 bits per heavy atom. The lowest BCUT2D eigenvalue weighted by Crippen LogP contribution is -2.60. The largest absolute Gasteiger partial charge is 0.346 e. The second-order valence-corrected chi connectivity index (χ2v) is 6.88. The maximum absolute atomic E-state index is 13.0. The minimum atomic E-state index is -0.159.